The Morgan fingerprint density at radius 3 is 2.50 bits per heavy atom. The maximum absolute atomic E-state index is 12.4. The minimum atomic E-state index is -0.484. The van der Waals surface area contributed by atoms with Gasteiger partial charge in [0.05, 0.1) is 17.6 Å². The zero-order chi connectivity index (χ0) is 17.7. The van der Waals surface area contributed by atoms with E-state index in [1.807, 2.05) is 38.1 Å². The van der Waals surface area contributed by atoms with Crippen LogP contribution < -0.4 is 10.1 Å². The number of nitro groups is 1. The summed E-state index contributed by atoms with van der Waals surface area (Å²) in [5.74, 6) is 0.437. The summed E-state index contributed by atoms with van der Waals surface area (Å²) in [4.78, 5) is 22.9. The molecule has 0 aliphatic rings. The number of nitrogens with zero attached hydrogens (tertiary/aromatic N) is 1. The maximum atomic E-state index is 12.4. The van der Waals surface area contributed by atoms with Crippen LogP contribution in [0.1, 0.15) is 41.4 Å². The van der Waals surface area contributed by atoms with Crippen molar-refractivity contribution in [3.8, 4) is 5.75 Å². The second kappa shape index (κ2) is 7.59. The number of benzene rings is 2. The van der Waals surface area contributed by atoms with Crippen LogP contribution in [0.4, 0.5) is 5.69 Å². The average molecular weight is 328 g/mol. The van der Waals surface area contributed by atoms with Gasteiger partial charge in [-0.05, 0) is 44.5 Å². The number of hydrogen-bond acceptors (Lipinski definition) is 4. The first-order valence-corrected chi connectivity index (χ1v) is 7.71. The van der Waals surface area contributed by atoms with Gasteiger partial charge in [0.15, 0.2) is 0 Å². The lowest BCUT2D eigenvalue weighted by atomic mass is 10.0. The number of amides is 1. The Labute approximate surface area is 140 Å². The fourth-order valence-electron chi connectivity index (χ4n) is 2.44. The Kier molecular flexibility index (Phi) is 5.52. The minimum absolute atomic E-state index is 0.0589. The molecular formula is C18H20N2O4. The van der Waals surface area contributed by atoms with Crippen molar-refractivity contribution >= 4 is 11.6 Å². The van der Waals surface area contributed by atoms with Crippen LogP contribution in [-0.4, -0.2) is 17.4 Å². The van der Waals surface area contributed by atoms with Gasteiger partial charge < -0.3 is 10.1 Å². The summed E-state index contributed by atoms with van der Waals surface area (Å²) in [7, 11) is 0. The van der Waals surface area contributed by atoms with Crippen LogP contribution in [0.15, 0.2) is 42.5 Å². The molecule has 24 heavy (non-hydrogen) atoms. The van der Waals surface area contributed by atoms with E-state index in [0.29, 0.717) is 17.7 Å². The Bertz CT molecular complexity index is 741. The van der Waals surface area contributed by atoms with Crippen LogP contribution >= 0.6 is 0 Å². The molecule has 1 unspecified atom stereocenters. The topological polar surface area (TPSA) is 81.5 Å². The number of nitro benzene ring substituents is 1. The monoisotopic (exact) mass is 328 g/mol. The molecule has 0 radical (unpaired) electrons. The molecule has 0 saturated heterocycles. The third-order valence-electron chi connectivity index (χ3n) is 3.79. The summed E-state index contributed by atoms with van der Waals surface area (Å²) in [6.45, 7) is 5.95. The standard InChI is InChI=1S/C18H20N2O4/c1-4-24-15-10-8-14(9-11-15)13(3)19-18(21)16-6-5-7-17(12(16)2)20(22)23/h5-11,13H,4H2,1-3H3,(H,19,21). The molecular weight excluding hydrogens is 308 g/mol. The van der Waals surface area contributed by atoms with Gasteiger partial charge in [0.2, 0.25) is 0 Å². The molecule has 1 atom stereocenters. The molecule has 2 rings (SSSR count). The quantitative estimate of drug-likeness (QED) is 0.646. The zero-order valence-electron chi connectivity index (χ0n) is 13.9. The van der Waals surface area contributed by atoms with E-state index in [1.165, 1.54) is 12.1 Å². The van der Waals surface area contributed by atoms with Crippen molar-refractivity contribution in [2.45, 2.75) is 26.8 Å². The number of carbonyl (C=O) groups excluding carboxylic acids is 1. The molecule has 6 heteroatoms. The van der Waals surface area contributed by atoms with Gasteiger partial charge in [-0.2, -0.15) is 0 Å². The molecule has 0 aliphatic heterocycles. The maximum Gasteiger partial charge on any atom is 0.273 e. The Morgan fingerprint density at radius 2 is 1.92 bits per heavy atom. The predicted molar refractivity (Wildman–Crippen MR) is 91.3 cm³/mol. The van der Waals surface area contributed by atoms with Crippen molar-refractivity contribution < 1.29 is 14.5 Å². The average Bonchev–Trinajstić information content (AvgIpc) is 2.55. The summed E-state index contributed by atoms with van der Waals surface area (Å²) in [6.07, 6.45) is 0. The van der Waals surface area contributed by atoms with Crippen LogP contribution in [0.5, 0.6) is 5.75 Å². The molecule has 2 aromatic carbocycles. The highest BCUT2D eigenvalue weighted by Gasteiger charge is 2.19. The van der Waals surface area contributed by atoms with Gasteiger partial charge in [-0.3, -0.25) is 14.9 Å². The normalized spacial score (nSPS) is 11.6. The van der Waals surface area contributed by atoms with E-state index in [9.17, 15) is 14.9 Å². The van der Waals surface area contributed by atoms with E-state index in [4.69, 9.17) is 4.74 Å². The Balaban J connectivity index is 2.14. The van der Waals surface area contributed by atoms with Crippen LogP contribution in [0.2, 0.25) is 0 Å². The number of nitrogens with one attached hydrogen (secondary N) is 1. The van der Waals surface area contributed by atoms with Crippen molar-refractivity contribution in [2.24, 2.45) is 0 Å². The van der Waals surface area contributed by atoms with Gasteiger partial charge in [0, 0.05) is 17.2 Å². The first-order valence-electron chi connectivity index (χ1n) is 7.71. The van der Waals surface area contributed by atoms with E-state index in [-0.39, 0.29) is 17.6 Å². The van der Waals surface area contributed by atoms with Crippen molar-refractivity contribution in [1.82, 2.24) is 5.32 Å². The minimum Gasteiger partial charge on any atom is -0.494 e. The van der Waals surface area contributed by atoms with Crippen molar-refractivity contribution in [1.29, 1.82) is 0 Å². The Morgan fingerprint density at radius 1 is 1.25 bits per heavy atom. The molecule has 0 aliphatic carbocycles. The highest BCUT2D eigenvalue weighted by Crippen LogP contribution is 2.22. The number of carbonyl (C=O) groups is 1. The molecule has 0 fully saturated rings. The van der Waals surface area contributed by atoms with Gasteiger partial charge in [-0.1, -0.05) is 18.2 Å². The van der Waals surface area contributed by atoms with E-state index < -0.39 is 4.92 Å². The molecule has 126 valence electrons. The molecule has 1 N–H and O–H groups in total. The summed E-state index contributed by atoms with van der Waals surface area (Å²) in [5.41, 5.74) is 1.53. The first kappa shape index (κ1) is 17.5. The molecule has 0 bridgehead atoms. The number of hydrogen-bond donors (Lipinski definition) is 1. The molecule has 0 aromatic heterocycles. The fraction of sp³-hybridized carbons (Fsp3) is 0.278. The lowest BCUT2D eigenvalue weighted by molar-refractivity contribution is -0.385. The molecule has 0 saturated carbocycles. The van der Waals surface area contributed by atoms with Crippen molar-refractivity contribution in [3.05, 3.63) is 69.3 Å². The number of rotatable bonds is 6. The highest BCUT2D eigenvalue weighted by atomic mass is 16.6. The van der Waals surface area contributed by atoms with E-state index in [1.54, 1.807) is 13.0 Å². The molecule has 1 amide bonds. The summed E-state index contributed by atoms with van der Waals surface area (Å²) in [5, 5.41) is 13.9. The molecule has 0 spiro atoms. The van der Waals surface area contributed by atoms with Gasteiger partial charge in [0.25, 0.3) is 11.6 Å². The fourth-order valence-corrected chi connectivity index (χ4v) is 2.44. The second-order valence-corrected chi connectivity index (χ2v) is 5.40. The third kappa shape index (κ3) is 3.90. The van der Waals surface area contributed by atoms with Gasteiger partial charge in [-0.25, -0.2) is 0 Å². The van der Waals surface area contributed by atoms with Crippen LogP contribution in [0.25, 0.3) is 0 Å². The van der Waals surface area contributed by atoms with Crippen molar-refractivity contribution in [2.75, 3.05) is 6.61 Å². The third-order valence-corrected chi connectivity index (χ3v) is 3.79. The summed E-state index contributed by atoms with van der Waals surface area (Å²) in [6, 6.07) is 11.7. The largest absolute Gasteiger partial charge is 0.494 e. The lowest BCUT2D eigenvalue weighted by Crippen LogP contribution is -2.27. The highest BCUT2D eigenvalue weighted by molar-refractivity contribution is 5.96. The smallest absolute Gasteiger partial charge is 0.273 e. The van der Waals surface area contributed by atoms with Crippen molar-refractivity contribution in [3.63, 3.8) is 0 Å². The molecule has 0 heterocycles. The zero-order valence-corrected chi connectivity index (χ0v) is 13.9. The number of ether oxygens (including phenoxy) is 1. The van der Waals surface area contributed by atoms with Crippen LogP contribution in [0.3, 0.4) is 0 Å². The predicted octanol–water partition coefficient (Wildman–Crippen LogP) is 3.79. The van der Waals surface area contributed by atoms with Gasteiger partial charge in [0.1, 0.15) is 5.75 Å². The van der Waals surface area contributed by atoms with E-state index >= 15 is 0 Å². The van der Waals surface area contributed by atoms with Crippen LogP contribution in [-0.2, 0) is 0 Å². The molecule has 2 aromatic rings. The lowest BCUT2D eigenvalue weighted by Gasteiger charge is -2.16. The van der Waals surface area contributed by atoms with Gasteiger partial charge >= 0.3 is 0 Å². The molecule has 6 nitrogen and oxygen atoms in total. The SMILES string of the molecule is CCOc1ccc(C(C)NC(=O)c2cccc([N+](=O)[O-])c2C)cc1. The summed E-state index contributed by atoms with van der Waals surface area (Å²) < 4.78 is 5.39. The Hall–Kier alpha value is -2.89. The van der Waals surface area contributed by atoms with E-state index in [0.717, 1.165) is 11.3 Å². The first-order chi connectivity index (χ1) is 11.4. The van der Waals surface area contributed by atoms with Crippen LogP contribution in [0, 0.1) is 17.0 Å². The van der Waals surface area contributed by atoms with E-state index in [2.05, 4.69) is 5.32 Å². The van der Waals surface area contributed by atoms with Gasteiger partial charge in [-0.15, -0.1) is 0 Å². The second-order valence-electron chi connectivity index (χ2n) is 5.40. The summed E-state index contributed by atoms with van der Waals surface area (Å²) >= 11 is 0.